The maximum atomic E-state index is 14.7. The first-order valence-electron chi connectivity index (χ1n) is 11.3. The van der Waals surface area contributed by atoms with Crippen molar-refractivity contribution < 1.29 is 33.4 Å². The van der Waals surface area contributed by atoms with E-state index in [0.717, 1.165) is 6.42 Å². The van der Waals surface area contributed by atoms with Crippen LogP contribution in [0.4, 0.5) is 14.9 Å². The number of esters is 1. The summed E-state index contributed by atoms with van der Waals surface area (Å²) in [6.07, 6.45) is 0.434. The van der Waals surface area contributed by atoms with Crippen LogP contribution < -0.4 is 9.64 Å². The van der Waals surface area contributed by atoms with E-state index in [1.807, 2.05) is 4.90 Å². The third-order valence-electron chi connectivity index (χ3n) is 6.03. The molecule has 0 unspecified atom stereocenters. The van der Waals surface area contributed by atoms with Gasteiger partial charge >= 0.3 is 12.1 Å². The van der Waals surface area contributed by atoms with Crippen molar-refractivity contribution in [3.05, 3.63) is 24.0 Å². The van der Waals surface area contributed by atoms with Crippen molar-refractivity contribution in [3.8, 4) is 5.75 Å². The van der Waals surface area contributed by atoms with E-state index >= 15 is 0 Å². The Labute approximate surface area is 193 Å². The first-order chi connectivity index (χ1) is 15.6. The maximum absolute atomic E-state index is 14.7. The van der Waals surface area contributed by atoms with Gasteiger partial charge in [-0.3, -0.25) is 9.59 Å². The van der Waals surface area contributed by atoms with Crippen LogP contribution in [0.3, 0.4) is 0 Å². The smallest absolute Gasteiger partial charge is 0.407 e. The summed E-state index contributed by atoms with van der Waals surface area (Å²) >= 11 is 0. The highest BCUT2D eigenvalue weighted by molar-refractivity contribution is 5.85. The molecule has 2 fully saturated rings. The zero-order valence-electron chi connectivity index (χ0n) is 19.4. The van der Waals surface area contributed by atoms with E-state index in [1.165, 1.54) is 17.0 Å². The minimum Gasteiger partial charge on any atom is -0.478 e. The largest absolute Gasteiger partial charge is 0.478 e. The second-order valence-electron chi connectivity index (χ2n) is 8.82. The molecule has 0 aromatic heterocycles. The van der Waals surface area contributed by atoms with Gasteiger partial charge in [-0.1, -0.05) is 0 Å². The summed E-state index contributed by atoms with van der Waals surface area (Å²) in [5.41, 5.74) is -0.907. The van der Waals surface area contributed by atoms with Crippen LogP contribution in [0.25, 0.3) is 0 Å². The highest BCUT2D eigenvalue weighted by Crippen LogP contribution is 2.31. The Kier molecular flexibility index (Phi) is 7.65. The van der Waals surface area contributed by atoms with Crippen LogP contribution in [-0.2, 0) is 14.3 Å². The number of benzene rings is 1. The van der Waals surface area contributed by atoms with Crippen molar-refractivity contribution in [3.63, 3.8) is 0 Å². The molecule has 1 atom stereocenters. The average Bonchev–Trinajstić information content (AvgIpc) is 2.80. The topological polar surface area (TPSA) is 99.6 Å². The molecule has 2 aliphatic heterocycles. The molecule has 10 heteroatoms. The van der Waals surface area contributed by atoms with Crippen molar-refractivity contribution >= 4 is 23.7 Å². The Morgan fingerprint density at radius 3 is 2.42 bits per heavy atom. The number of ether oxygens (including phenoxy) is 2. The standard InChI is InChI=1S/C23H32FN3O6/c1-4-32-20(28)16-6-5-9-27(15-16)19-14-17(7-8-18(19)24)33-23(2,3)21(29)25-10-12-26(13-11-25)22(30)31/h7-8,14,16H,4-6,9-13,15H2,1-3H3,(H,30,31)/t16-/m0/s1. The molecule has 0 radical (unpaired) electrons. The number of piperidine rings is 1. The lowest BCUT2D eigenvalue weighted by molar-refractivity contribution is -0.148. The first kappa shape index (κ1) is 24.6. The van der Waals surface area contributed by atoms with Gasteiger partial charge in [-0.25, -0.2) is 9.18 Å². The van der Waals surface area contributed by atoms with Gasteiger partial charge in [0.2, 0.25) is 0 Å². The van der Waals surface area contributed by atoms with Gasteiger partial charge in [0.25, 0.3) is 5.91 Å². The highest BCUT2D eigenvalue weighted by atomic mass is 19.1. The van der Waals surface area contributed by atoms with Crippen LogP contribution in [0.15, 0.2) is 18.2 Å². The zero-order chi connectivity index (χ0) is 24.2. The molecule has 2 heterocycles. The second kappa shape index (κ2) is 10.3. The van der Waals surface area contributed by atoms with Crippen LogP contribution in [0, 0.1) is 11.7 Å². The van der Waals surface area contributed by atoms with Gasteiger partial charge in [0.1, 0.15) is 11.6 Å². The van der Waals surface area contributed by atoms with E-state index in [1.54, 1.807) is 31.7 Å². The van der Waals surface area contributed by atoms with Gasteiger partial charge in [-0.15, -0.1) is 0 Å². The number of nitrogens with zero attached hydrogens (tertiary/aromatic N) is 3. The molecule has 3 rings (SSSR count). The number of hydrogen-bond donors (Lipinski definition) is 1. The molecule has 2 saturated heterocycles. The fraction of sp³-hybridized carbons (Fsp3) is 0.609. The van der Waals surface area contributed by atoms with Crippen molar-refractivity contribution in [2.75, 3.05) is 50.8 Å². The van der Waals surface area contributed by atoms with Crippen molar-refractivity contribution in [2.24, 2.45) is 5.92 Å². The van der Waals surface area contributed by atoms with Crippen LogP contribution in [-0.4, -0.2) is 84.4 Å². The van der Waals surface area contributed by atoms with Gasteiger partial charge in [0.05, 0.1) is 18.2 Å². The number of amides is 2. The molecular formula is C23H32FN3O6. The highest BCUT2D eigenvalue weighted by Gasteiger charge is 2.37. The normalized spacial score (nSPS) is 19.3. The minimum atomic E-state index is -1.23. The molecule has 1 aromatic rings. The second-order valence-corrected chi connectivity index (χ2v) is 8.82. The molecule has 182 valence electrons. The van der Waals surface area contributed by atoms with E-state index in [0.29, 0.717) is 37.6 Å². The number of rotatable bonds is 6. The van der Waals surface area contributed by atoms with Crippen LogP contribution >= 0.6 is 0 Å². The van der Waals surface area contributed by atoms with Gasteiger partial charge in [-0.05, 0) is 45.7 Å². The summed E-state index contributed by atoms with van der Waals surface area (Å²) in [7, 11) is 0. The van der Waals surface area contributed by atoms with E-state index in [-0.39, 0.29) is 44.0 Å². The molecule has 0 spiro atoms. The number of carbonyl (C=O) groups excluding carboxylic acids is 2. The fourth-order valence-corrected chi connectivity index (χ4v) is 4.27. The molecule has 0 bridgehead atoms. The van der Waals surface area contributed by atoms with E-state index in [4.69, 9.17) is 14.6 Å². The Balaban J connectivity index is 1.69. The van der Waals surface area contributed by atoms with Crippen LogP contribution in [0.5, 0.6) is 5.75 Å². The van der Waals surface area contributed by atoms with E-state index in [9.17, 15) is 18.8 Å². The third-order valence-corrected chi connectivity index (χ3v) is 6.03. The van der Waals surface area contributed by atoms with Crippen molar-refractivity contribution in [1.82, 2.24) is 9.80 Å². The quantitative estimate of drug-likeness (QED) is 0.645. The predicted octanol–water partition coefficient (Wildman–Crippen LogP) is 2.58. The Hall–Kier alpha value is -3.04. The Morgan fingerprint density at radius 1 is 1.12 bits per heavy atom. The Morgan fingerprint density at radius 2 is 1.79 bits per heavy atom. The molecule has 2 aliphatic rings. The first-order valence-corrected chi connectivity index (χ1v) is 11.3. The summed E-state index contributed by atoms with van der Waals surface area (Å²) < 4.78 is 25.8. The van der Waals surface area contributed by atoms with Crippen LogP contribution in [0.1, 0.15) is 33.6 Å². The molecule has 0 aliphatic carbocycles. The predicted molar refractivity (Wildman–Crippen MR) is 119 cm³/mol. The lowest BCUT2D eigenvalue weighted by Gasteiger charge is -2.38. The van der Waals surface area contributed by atoms with E-state index in [2.05, 4.69) is 0 Å². The van der Waals surface area contributed by atoms with Crippen LogP contribution in [0.2, 0.25) is 0 Å². The summed E-state index contributed by atoms with van der Waals surface area (Å²) in [6, 6.07) is 4.33. The molecular weight excluding hydrogens is 433 g/mol. The third kappa shape index (κ3) is 5.85. The zero-order valence-corrected chi connectivity index (χ0v) is 19.4. The van der Waals surface area contributed by atoms with Gasteiger partial charge in [-0.2, -0.15) is 0 Å². The van der Waals surface area contributed by atoms with Gasteiger partial charge in [0, 0.05) is 45.3 Å². The summed E-state index contributed by atoms with van der Waals surface area (Å²) in [5, 5.41) is 9.08. The van der Waals surface area contributed by atoms with Gasteiger partial charge < -0.3 is 29.3 Å². The average molecular weight is 466 g/mol. The maximum Gasteiger partial charge on any atom is 0.407 e. The number of hydrogen-bond acceptors (Lipinski definition) is 6. The van der Waals surface area contributed by atoms with Crippen molar-refractivity contribution in [2.45, 2.75) is 39.2 Å². The lowest BCUT2D eigenvalue weighted by atomic mass is 9.97. The number of halogens is 1. The number of anilines is 1. The fourth-order valence-electron chi connectivity index (χ4n) is 4.27. The molecule has 33 heavy (non-hydrogen) atoms. The number of carbonyl (C=O) groups is 3. The number of carboxylic acid groups (broad SMARTS) is 1. The molecule has 9 nitrogen and oxygen atoms in total. The monoisotopic (exact) mass is 465 g/mol. The van der Waals surface area contributed by atoms with E-state index < -0.39 is 17.5 Å². The minimum absolute atomic E-state index is 0.244. The van der Waals surface area contributed by atoms with Gasteiger partial charge in [0.15, 0.2) is 5.60 Å². The summed E-state index contributed by atoms with van der Waals surface area (Å²) in [6.45, 7) is 7.37. The molecule has 2 amide bonds. The lowest BCUT2D eigenvalue weighted by Crippen LogP contribution is -2.56. The molecule has 1 aromatic carbocycles. The SMILES string of the molecule is CCOC(=O)[C@H]1CCCN(c2cc(OC(C)(C)C(=O)N3CCN(C(=O)O)CC3)ccc2F)C1. The summed E-state index contributed by atoms with van der Waals surface area (Å²) in [4.78, 5) is 40.9. The molecule has 1 N–H and O–H groups in total. The number of piperazine rings is 1. The summed E-state index contributed by atoms with van der Waals surface area (Å²) in [5.74, 6) is -0.943. The Bertz CT molecular complexity index is 885. The van der Waals surface area contributed by atoms with Crippen molar-refractivity contribution in [1.29, 1.82) is 0 Å². The molecule has 0 saturated carbocycles.